The van der Waals surface area contributed by atoms with Gasteiger partial charge in [0.1, 0.15) is 5.75 Å². The number of fused-ring (bicyclic) bond motifs is 1. The van der Waals surface area contributed by atoms with Crippen LogP contribution >= 0.6 is 0 Å². The van der Waals surface area contributed by atoms with E-state index in [9.17, 15) is 14.4 Å². The van der Waals surface area contributed by atoms with E-state index in [4.69, 9.17) is 4.74 Å². The molecule has 0 radical (unpaired) electrons. The molecule has 2 N–H and O–H groups in total. The molecule has 7 heteroatoms. The van der Waals surface area contributed by atoms with Crippen molar-refractivity contribution in [1.29, 1.82) is 0 Å². The summed E-state index contributed by atoms with van der Waals surface area (Å²) >= 11 is 0. The predicted molar refractivity (Wildman–Crippen MR) is 108 cm³/mol. The van der Waals surface area contributed by atoms with E-state index in [1.807, 2.05) is 19.1 Å². The monoisotopic (exact) mass is 381 g/mol. The van der Waals surface area contributed by atoms with Crippen molar-refractivity contribution in [3.63, 3.8) is 0 Å². The summed E-state index contributed by atoms with van der Waals surface area (Å²) in [6, 6.07) is 10.4. The first-order valence-electron chi connectivity index (χ1n) is 9.13. The largest absolute Gasteiger partial charge is 0.495 e. The van der Waals surface area contributed by atoms with Gasteiger partial charge in [0.25, 0.3) is 5.91 Å². The summed E-state index contributed by atoms with van der Waals surface area (Å²) in [6.45, 7) is 3.89. The number of carbonyl (C=O) groups is 3. The molecule has 0 unspecified atom stereocenters. The third kappa shape index (κ3) is 3.98. The number of anilines is 3. The van der Waals surface area contributed by atoms with Crippen molar-refractivity contribution in [1.82, 2.24) is 0 Å². The lowest BCUT2D eigenvalue weighted by atomic mass is 10.1. The fourth-order valence-electron chi connectivity index (χ4n) is 3.27. The number of benzene rings is 2. The Balaban J connectivity index is 1.79. The molecule has 0 saturated carbocycles. The van der Waals surface area contributed by atoms with Gasteiger partial charge in [0.05, 0.1) is 12.8 Å². The molecule has 7 nitrogen and oxygen atoms in total. The summed E-state index contributed by atoms with van der Waals surface area (Å²) in [5, 5.41) is 5.51. The van der Waals surface area contributed by atoms with E-state index in [1.54, 1.807) is 29.2 Å². The lowest BCUT2D eigenvalue weighted by Gasteiger charge is -2.16. The summed E-state index contributed by atoms with van der Waals surface area (Å²) in [5.41, 5.74) is 3.40. The van der Waals surface area contributed by atoms with Crippen LogP contribution in [0.3, 0.4) is 0 Å². The molecule has 3 rings (SSSR count). The van der Waals surface area contributed by atoms with Crippen LogP contribution in [-0.2, 0) is 16.0 Å². The van der Waals surface area contributed by atoms with E-state index >= 15 is 0 Å². The summed E-state index contributed by atoms with van der Waals surface area (Å²) in [6.07, 6.45) is 1.19. The first-order valence-corrected chi connectivity index (χ1v) is 9.13. The number of nitrogens with one attached hydrogen (secondary N) is 2. The molecule has 0 fully saturated rings. The van der Waals surface area contributed by atoms with E-state index in [2.05, 4.69) is 10.6 Å². The maximum absolute atomic E-state index is 12.7. The third-order valence-electron chi connectivity index (χ3n) is 4.61. The molecular formula is C21H23N3O4. The molecule has 1 heterocycles. The van der Waals surface area contributed by atoms with Gasteiger partial charge in [-0.3, -0.25) is 14.4 Å². The molecule has 0 atom stereocenters. The predicted octanol–water partition coefficient (Wildman–Crippen LogP) is 3.21. The summed E-state index contributed by atoms with van der Waals surface area (Å²) in [4.78, 5) is 37.8. The van der Waals surface area contributed by atoms with Crippen LogP contribution in [0.15, 0.2) is 36.4 Å². The highest BCUT2D eigenvalue weighted by atomic mass is 16.5. The summed E-state index contributed by atoms with van der Waals surface area (Å²) in [5.74, 6) is 0.0969. The molecule has 2 aromatic carbocycles. The molecule has 3 amide bonds. The molecular weight excluding hydrogens is 358 g/mol. The van der Waals surface area contributed by atoms with E-state index in [0.29, 0.717) is 35.7 Å². The first kappa shape index (κ1) is 19.4. The zero-order chi connectivity index (χ0) is 20.3. The number of methoxy groups -OCH3 is 1. The van der Waals surface area contributed by atoms with Gasteiger partial charge in [0.15, 0.2) is 0 Å². The van der Waals surface area contributed by atoms with Crippen LogP contribution in [0.2, 0.25) is 0 Å². The van der Waals surface area contributed by atoms with Gasteiger partial charge < -0.3 is 20.3 Å². The molecule has 0 bridgehead atoms. The Hall–Kier alpha value is -3.35. The maximum atomic E-state index is 12.7. The van der Waals surface area contributed by atoms with Crippen LogP contribution in [0.25, 0.3) is 0 Å². The normalized spacial score (nSPS) is 12.3. The second-order valence-electron chi connectivity index (χ2n) is 6.54. The highest BCUT2D eigenvalue weighted by molar-refractivity contribution is 6.06. The van der Waals surface area contributed by atoms with Crippen molar-refractivity contribution in [2.45, 2.75) is 26.7 Å². The molecule has 0 spiro atoms. The van der Waals surface area contributed by atoms with Crippen LogP contribution in [0.1, 0.15) is 36.2 Å². The van der Waals surface area contributed by atoms with Crippen LogP contribution in [0.5, 0.6) is 5.75 Å². The van der Waals surface area contributed by atoms with Gasteiger partial charge in [-0.2, -0.15) is 0 Å². The molecule has 146 valence electrons. The Labute approximate surface area is 163 Å². The van der Waals surface area contributed by atoms with Crippen LogP contribution in [0, 0.1) is 0 Å². The van der Waals surface area contributed by atoms with E-state index < -0.39 is 0 Å². The third-order valence-corrected chi connectivity index (χ3v) is 4.61. The number of carbonyl (C=O) groups excluding carboxylic acids is 3. The highest BCUT2D eigenvalue weighted by Crippen LogP contribution is 2.31. The zero-order valence-corrected chi connectivity index (χ0v) is 16.2. The van der Waals surface area contributed by atoms with Crippen molar-refractivity contribution in [3.8, 4) is 5.75 Å². The number of nitrogens with zero attached hydrogens (tertiary/aromatic N) is 1. The number of ether oxygens (including phenoxy) is 1. The Bertz CT molecular complexity index is 939. The molecule has 2 aromatic rings. The van der Waals surface area contributed by atoms with Crippen LogP contribution < -0.4 is 20.3 Å². The molecule has 1 aliphatic heterocycles. The van der Waals surface area contributed by atoms with E-state index in [1.165, 1.54) is 14.0 Å². The second-order valence-corrected chi connectivity index (χ2v) is 6.54. The van der Waals surface area contributed by atoms with Crippen LogP contribution in [-0.4, -0.2) is 31.4 Å². The number of amides is 3. The fraction of sp³-hybridized carbons (Fsp3) is 0.286. The average molecular weight is 381 g/mol. The number of hydrogen-bond acceptors (Lipinski definition) is 4. The Morgan fingerprint density at radius 2 is 1.89 bits per heavy atom. The number of hydrogen-bond donors (Lipinski definition) is 2. The van der Waals surface area contributed by atoms with Crippen molar-refractivity contribution in [2.75, 3.05) is 29.2 Å². The molecule has 0 saturated heterocycles. The summed E-state index contributed by atoms with van der Waals surface area (Å²) in [7, 11) is 1.51. The van der Waals surface area contributed by atoms with Crippen LogP contribution in [0.4, 0.5) is 17.1 Å². The van der Waals surface area contributed by atoms with Crippen molar-refractivity contribution >= 4 is 34.8 Å². The Morgan fingerprint density at radius 3 is 2.57 bits per heavy atom. The SMILES string of the molecule is CCC(=O)N1CCc2cc(C(=O)Nc3ccc(OC)c(NC(C)=O)c3)ccc21. The average Bonchev–Trinajstić information content (AvgIpc) is 3.10. The van der Waals surface area contributed by atoms with Gasteiger partial charge in [-0.25, -0.2) is 0 Å². The maximum Gasteiger partial charge on any atom is 0.255 e. The van der Waals surface area contributed by atoms with E-state index in [0.717, 1.165) is 17.7 Å². The minimum Gasteiger partial charge on any atom is -0.495 e. The molecule has 0 aromatic heterocycles. The molecule has 28 heavy (non-hydrogen) atoms. The van der Waals surface area contributed by atoms with Gasteiger partial charge in [0.2, 0.25) is 11.8 Å². The topological polar surface area (TPSA) is 87.7 Å². The van der Waals surface area contributed by atoms with Crippen molar-refractivity contribution in [3.05, 3.63) is 47.5 Å². The lowest BCUT2D eigenvalue weighted by Crippen LogP contribution is -2.27. The van der Waals surface area contributed by atoms with E-state index in [-0.39, 0.29) is 17.7 Å². The smallest absolute Gasteiger partial charge is 0.255 e. The van der Waals surface area contributed by atoms with Gasteiger partial charge in [-0.15, -0.1) is 0 Å². The number of rotatable bonds is 5. The Morgan fingerprint density at radius 1 is 1.11 bits per heavy atom. The lowest BCUT2D eigenvalue weighted by molar-refractivity contribution is -0.118. The van der Waals surface area contributed by atoms with Gasteiger partial charge in [0, 0.05) is 36.8 Å². The minimum absolute atomic E-state index is 0.0830. The summed E-state index contributed by atoms with van der Waals surface area (Å²) < 4.78 is 5.22. The van der Waals surface area contributed by atoms with Crippen molar-refractivity contribution < 1.29 is 19.1 Å². The Kier molecular flexibility index (Phi) is 5.63. The van der Waals surface area contributed by atoms with Gasteiger partial charge in [-0.05, 0) is 48.4 Å². The molecule has 1 aliphatic rings. The van der Waals surface area contributed by atoms with Gasteiger partial charge >= 0.3 is 0 Å². The first-order chi connectivity index (χ1) is 13.4. The minimum atomic E-state index is -0.262. The van der Waals surface area contributed by atoms with Crippen molar-refractivity contribution in [2.24, 2.45) is 0 Å². The van der Waals surface area contributed by atoms with Gasteiger partial charge in [-0.1, -0.05) is 6.92 Å². The fourth-order valence-corrected chi connectivity index (χ4v) is 3.27. The second kappa shape index (κ2) is 8.12. The standard InChI is InChI=1S/C21H23N3O4/c1-4-20(26)24-10-9-14-11-15(5-7-18(14)24)21(27)23-16-6-8-19(28-3)17(12-16)22-13(2)25/h5-8,11-12H,4,9-10H2,1-3H3,(H,22,25)(H,23,27). The highest BCUT2D eigenvalue weighted by Gasteiger charge is 2.24. The zero-order valence-electron chi connectivity index (χ0n) is 16.2. The quantitative estimate of drug-likeness (QED) is 0.833. The molecule has 0 aliphatic carbocycles.